The summed E-state index contributed by atoms with van der Waals surface area (Å²) in [5.74, 6) is 1.99. The molecule has 2 aromatic carbocycles. The van der Waals surface area contributed by atoms with Gasteiger partial charge in [0.25, 0.3) is 0 Å². The third kappa shape index (κ3) is 9.23. The minimum absolute atomic E-state index is 0.0125. The number of benzene rings is 2. The van der Waals surface area contributed by atoms with Crippen LogP contribution in [0.4, 0.5) is 0 Å². The summed E-state index contributed by atoms with van der Waals surface area (Å²) in [6, 6.07) is 9.53. The van der Waals surface area contributed by atoms with E-state index >= 15 is 0 Å². The number of fused-ring (bicyclic) bond motifs is 2. The first-order valence-corrected chi connectivity index (χ1v) is 18.0. The van der Waals surface area contributed by atoms with Crippen LogP contribution >= 0.6 is 8.60 Å². The van der Waals surface area contributed by atoms with Crippen molar-refractivity contribution in [1.29, 1.82) is 0 Å². The first-order valence-electron chi connectivity index (χ1n) is 16.9. The quantitative estimate of drug-likeness (QED) is 0.209. The fourth-order valence-electron chi connectivity index (χ4n) is 5.72. The molecule has 43 heavy (non-hydrogen) atoms. The van der Waals surface area contributed by atoms with E-state index in [1.54, 1.807) is 0 Å². The van der Waals surface area contributed by atoms with Gasteiger partial charge in [-0.15, -0.1) is 0 Å². The van der Waals surface area contributed by atoms with E-state index in [1.807, 2.05) is 0 Å². The highest BCUT2D eigenvalue weighted by Crippen LogP contribution is 2.56. The number of hydrogen-bond acceptors (Lipinski definition) is 3. The lowest BCUT2D eigenvalue weighted by molar-refractivity contribution is 0.252. The van der Waals surface area contributed by atoms with E-state index in [2.05, 4.69) is 121 Å². The molecule has 2 aromatic rings. The molecule has 242 valence electrons. The second-order valence-corrected chi connectivity index (χ2v) is 18.0. The molecule has 0 saturated carbocycles. The zero-order valence-electron chi connectivity index (χ0n) is 30.2. The van der Waals surface area contributed by atoms with Crippen LogP contribution in [0.1, 0.15) is 181 Å². The van der Waals surface area contributed by atoms with Gasteiger partial charge < -0.3 is 9.05 Å². The summed E-state index contributed by atoms with van der Waals surface area (Å²) in [6.45, 7) is 32.8. The van der Waals surface area contributed by atoms with Crippen LogP contribution in [0, 0.1) is 0 Å². The van der Waals surface area contributed by atoms with Crippen molar-refractivity contribution in [3.8, 4) is 11.5 Å². The molecule has 1 aliphatic rings. The number of rotatable bonds is 9. The lowest BCUT2D eigenvalue weighted by atomic mass is 9.74. The van der Waals surface area contributed by atoms with Gasteiger partial charge in [0.1, 0.15) is 11.5 Å². The minimum Gasteiger partial charge on any atom is -0.417 e. The van der Waals surface area contributed by atoms with E-state index in [1.165, 1.54) is 71.9 Å². The summed E-state index contributed by atoms with van der Waals surface area (Å²) in [5.41, 5.74) is 7.42. The molecule has 0 spiro atoms. The lowest BCUT2D eigenvalue weighted by Gasteiger charge is -2.36. The third-order valence-corrected chi connectivity index (χ3v) is 9.85. The Balaban J connectivity index is 2.19. The third-order valence-electron chi connectivity index (χ3n) is 8.79. The zero-order valence-corrected chi connectivity index (χ0v) is 31.1. The van der Waals surface area contributed by atoms with Gasteiger partial charge in [-0.1, -0.05) is 160 Å². The monoisotopic (exact) mass is 610 g/mol. The van der Waals surface area contributed by atoms with Crippen LogP contribution in [-0.2, 0) is 26.2 Å². The van der Waals surface area contributed by atoms with Crippen LogP contribution in [0.2, 0.25) is 0 Å². The normalized spacial score (nSPS) is 17.8. The molecule has 4 heteroatoms. The molecule has 0 unspecified atom stereocenters. The van der Waals surface area contributed by atoms with Crippen LogP contribution in [0.5, 0.6) is 11.5 Å². The molecule has 0 N–H and O–H groups in total. The fraction of sp³-hybridized carbons (Fsp3) is 0.692. The van der Waals surface area contributed by atoms with Crippen molar-refractivity contribution >= 4 is 8.60 Å². The first-order chi connectivity index (χ1) is 19.7. The largest absolute Gasteiger partial charge is 0.463 e. The number of unbranched alkanes of at least 4 members (excludes halogenated alkanes) is 6. The maximum Gasteiger partial charge on any atom is 0.463 e. The van der Waals surface area contributed by atoms with Gasteiger partial charge in [-0.05, 0) is 39.2 Å². The molecule has 0 amide bonds. The molecule has 0 radical (unpaired) electrons. The van der Waals surface area contributed by atoms with Crippen LogP contribution in [0.25, 0.3) is 0 Å². The lowest BCUT2D eigenvalue weighted by Crippen LogP contribution is -2.23. The van der Waals surface area contributed by atoms with E-state index in [0.29, 0.717) is 6.61 Å². The van der Waals surface area contributed by atoms with Gasteiger partial charge >= 0.3 is 8.60 Å². The highest BCUT2D eigenvalue weighted by Gasteiger charge is 2.37. The topological polar surface area (TPSA) is 27.7 Å². The van der Waals surface area contributed by atoms with Crippen molar-refractivity contribution in [2.45, 2.75) is 169 Å². The Kier molecular flexibility index (Phi) is 11.5. The zero-order chi connectivity index (χ0) is 32.4. The van der Waals surface area contributed by atoms with Crippen LogP contribution in [0.15, 0.2) is 24.3 Å². The number of hydrogen-bond donors (Lipinski definition) is 0. The first kappa shape index (κ1) is 35.9. The second-order valence-electron chi connectivity index (χ2n) is 17.0. The van der Waals surface area contributed by atoms with Crippen LogP contribution in [-0.4, -0.2) is 6.61 Å². The Morgan fingerprint density at radius 1 is 0.581 bits per heavy atom. The highest BCUT2D eigenvalue weighted by atomic mass is 31.2. The van der Waals surface area contributed by atoms with E-state index in [0.717, 1.165) is 17.9 Å². The van der Waals surface area contributed by atoms with E-state index < -0.39 is 8.60 Å². The average molecular weight is 611 g/mol. The molecule has 3 rings (SSSR count). The summed E-state index contributed by atoms with van der Waals surface area (Å²) in [7, 11) is -1.64. The van der Waals surface area contributed by atoms with Gasteiger partial charge in [0, 0.05) is 28.2 Å². The van der Waals surface area contributed by atoms with Gasteiger partial charge in [-0.25, -0.2) is 0 Å². The molecule has 0 fully saturated rings. The van der Waals surface area contributed by atoms with Crippen LogP contribution < -0.4 is 9.05 Å². The fourth-order valence-corrected chi connectivity index (χ4v) is 6.84. The van der Waals surface area contributed by atoms with E-state index in [9.17, 15) is 0 Å². The Bertz CT molecular complexity index is 1130. The average Bonchev–Trinajstić information content (AvgIpc) is 2.86. The molecule has 0 aromatic heterocycles. The van der Waals surface area contributed by atoms with E-state index in [4.69, 9.17) is 13.6 Å². The van der Waals surface area contributed by atoms with Crippen molar-refractivity contribution in [2.24, 2.45) is 0 Å². The maximum atomic E-state index is 6.93. The summed E-state index contributed by atoms with van der Waals surface area (Å²) in [4.78, 5) is 0. The maximum absolute atomic E-state index is 6.93. The predicted molar refractivity (Wildman–Crippen MR) is 187 cm³/mol. The van der Waals surface area contributed by atoms with Gasteiger partial charge in [-0.2, -0.15) is 0 Å². The predicted octanol–water partition coefficient (Wildman–Crippen LogP) is 12.8. The van der Waals surface area contributed by atoms with Crippen LogP contribution in [0.3, 0.4) is 0 Å². The van der Waals surface area contributed by atoms with Gasteiger partial charge in [0.05, 0.1) is 6.61 Å². The summed E-state index contributed by atoms with van der Waals surface area (Å²) < 4.78 is 20.4. The molecule has 0 aliphatic carbocycles. The molecule has 3 nitrogen and oxygen atoms in total. The van der Waals surface area contributed by atoms with Gasteiger partial charge in [0.2, 0.25) is 0 Å². The Morgan fingerprint density at radius 2 is 0.977 bits per heavy atom. The van der Waals surface area contributed by atoms with E-state index in [-0.39, 0.29) is 27.6 Å². The summed E-state index contributed by atoms with van der Waals surface area (Å²) in [6.07, 6.45) is 8.73. The Morgan fingerprint density at radius 3 is 1.35 bits per heavy atom. The minimum atomic E-state index is -1.64. The van der Waals surface area contributed by atoms with Gasteiger partial charge in [0.15, 0.2) is 0 Å². The molecule has 0 bridgehead atoms. The molecular formula is C39H63O3P. The van der Waals surface area contributed by atoms with Gasteiger partial charge in [-0.3, -0.25) is 4.52 Å². The highest BCUT2D eigenvalue weighted by molar-refractivity contribution is 7.42. The van der Waals surface area contributed by atoms with Crippen molar-refractivity contribution in [1.82, 2.24) is 0 Å². The Hall–Kier alpha value is -1.57. The van der Waals surface area contributed by atoms with Crippen molar-refractivity contribution < 1.29 is 13.6 Å². The van der Waals surface area contributed by atoms with Crippen molar-refractivity contribution in [3.63, 3.8) is 0 Å². The molecule has 1 heterocycles. The second kappa shape index (κ2) is 13.8. The molecular weight excluding hydrogens is 547 g/mol. The standard InChI is InChI=1S/C39H63O3P/c1-15-16-17-18-19-20-21-22-40-43-41-34-30(23-28(36(3,4)5)25-32(34)38(9,10)11)27(2)31-24-29(37(6,7)8)26-33(35(31)42-43)39(12,13)14/h23-27H,15-22H2,1-14H3. The Labute approximate surface area is 266 Å². The van der Waals surface area contributed by atoms with Crippen molar-refractivity contribution in [2.75, 3.05) is 6.61 Å². The summed E-state index contributed by atoms with van der Waals surface area (Å²) in [5, 5.41) is 0. The smallest absolute Gasteiger partial charge is 0.417 e. The SMILES string of the molecule is CCCCCCCCCOP1Oc2c(cc(C(C)(C)C)cc2C(C)(C)C)C(C)c2cc(C(C)(C)C)cc(C(C)(C)C)c2O1. The molecule has 0 atom stereocenters. The van der Waals surface area contributed by atoms with Crippen molar-refractivity contribution in [3.05, 3.63) is 57.6 Å². The molecule has 1 aliphatic heterocycles. The summed E-state index contributed by atoms with van der Waals surface area (Å²) >= 11 is 0. The molecule has 0 saturated heterocycles.